The first kappa shape index (κ1) is 12.3. The van der Waals surface area contributed by atoms with Crippen LogP contribution in [0.25, 0.3) is 10.2 Å². The van der Waals surface area contributed by atoms with Gasteiger partial charge in [-0.1, -0.05) is 27.3 Å². The minimum Gasteiger partial charge on any atom is -0.360 e. The highest BCUT2D eigenvalue weighted by Gasteiger charge is 2.03. The average molecular weight is 314 g/mol. The van der Waals surface area contributed by atoms with Crippen LogP contribution in [-0.4, -0.2) is 24.0 Å². The summed E-state index contributed by atoms with van der Waals surface area (Å²) in [5, 5.41) is 6.79. The maximum Gasteiger partial charge on any atom is 0.216 e. The van der Waals surface area contributed by atoms with Crippen molar-refractivity contribution in [1.82, 2.24) is 10.3 Å². The van der Waals surface area contributed by atoms with E-state index in [4.69, 9.17) is 0 Å². The Kier molecular flexibility index (Phi) is 3.96. The molecule has 0 atom stereocenters. The number of fused-ring (bicyclic) bond motifs is 1. The summed E-state index contributed by atoms with van der Waals surface area (Å²) in [5.41, 5.74) is 0.978. The number of nitrogens with one attached hydrogen (secondary N) is 2. The third kappa shape index (κ3) is 3.41. The summed E-state index contributed by atoms with van der Waals surface area (Å²) in [5.74, 6) is -0.0139. The van der Waals surface area contributed by atoms with Crippen molar-refractivity contribution in [2.24, 2.45) is 0 Å². The Labute approximate surface area is 112 Å². The lowest BCUT2D eigenvalue weighted by Gasteiger charge is -2.02. The summed E-state index contributed by atoms with van der Waals surface area (Å²) in [6.07, 6.45) is 0. The van der Waals surface area contributed by atoms with Crippen LogP contribution in [0.3, 0.4) is 0 Å². The van der Waals surface area contributed by atoms with Gasteiger partial charge in [0.2, 0.25) is 5.91 Å². The summed E-state index contributed by atoms with van der Waals surface area (Å²) in [6, 6.07) is 6.03. The molecule has 1 amide bonds. The molecule has 6 heteroatoms. The normalized spacial score (nSPS) is 10.5. The molecule has 0 aliphatic carbocycles. The second-order valence-corrected chi connectivity index (χ2v) is 5.49. The molecule has 0 spiro atoms. The summed E-state index contributed by atoms with van der Waals surface area (Å²) < 4.78 is 2.18. The molecule has 2 rings (SSSR count). The average Bonchev–Trinajstić information content (AvgIpc) is 2.66. The highest BCUT2D eigenvalue weighted by atomic mass is 79.9. The number of thiazole rings is 1. The van der Waals surface area contributed by atoms with E-state index in [0.717, 1.165) is 19.8 Å². The van der Waals surface area contributed by atoms with Crippen LogP contribution in [0.1, 0.15) is 6.92 Å². The molecule has 1 aromatic heterocycles. The Morgan fingerprint density at radius 1 is 1.47 bits per heavy atom. The van der Waals surface area contributed by atoms with Gasteiger partial charge in [0.1, 0.15) is 0 Å². The first-order valence-corrected chi connectivity index (χ1v) is 6.80. The second-order valence-electron chi connectivity index (χ2n) is 3.54. The fourth-order valence-corrected chi connectivity index (χ4v) is 2.60. The van der Waals surface area contributed by atoms with Crippen LogP contribution in [0.4, 0.5) is 5.13 Å². The fraction of sp³-hybridized carbons (Fsp3) is 0.273. The van der Waals surface area contributed by atoms with E-state index in [2.05, 4.69) is 31.5 Å². The minimum absolute atomic E-state index is 0.0139. The molecule has 0 saturated heterocycles. The van der Waals surface area contributed by atoms with Gasteiger partial charge in [-0.05, 0) is 18.2 Å². The Morgan fingerprint density at radius 3 is 3.06 bits per heavy atom. The van der Waals surface area contributed by atoms with Crippen molar-refractivity contribution in [3.63, 3.8) is 0 Å². The van der Waals surface area contributed by atoms with Crippen LogP contribution in [0, 0.1) is 0 Å². The zero-order valence-electron chi connectivity index (χ0n) is 9.29. The van der Waals surface area contributed by atoms with Crippen LogP contribution in [0.2, 0.25) is 0 Å². The van der Waals surface area contributed by atoms with Gasteiger partial charge in [-0.15, -0.1) is 0 Å². The number of anilines is 1. The molecule has 0 bridgehead atoms. The third-order valence-corrected chi connectivity index (χ3v) is 3.61. The number of hydrogen-bond acceptors (Lipinski definition) is 4. The number of rotatable bonds is 4. The fourth-order valence-electron chi connectivity index (χ4n) is 1.38. The van der Waals surface area contributed by atoms with E-state index in [1.807, 2.05) is 18.2 Å². The summed E-state index contributed by atoms with van der Waals surface area (Å²) in [6.45, 7) is 2.80. The molecule has 17 heavy (non-hydrogen) atoms. The SMILES string of the molecule is CC(=O)NCCNc1nc2cc(Br)ccc2s1. The lowest BCUT2D eigenvalue weighted by molar-refractivity contribution is -0.118. The van der Waals surface area contributed by atoms with Crippen molar-refractivity contribution in [3.8, 4) is 0 Å². The van der Waals surface area contributed by atoms with Gasteiger partial charge < -0.3 is 10.6 Å². The lowest BCUT2D eigenvalue weighted by Crippen LogP contribution is -2.26. The van der Waals surface area contributed by atoms with E-state index in [0.29, 0.717) is 13.1 Å². The molecular formula is C11H12BrN3OS. The minimum atomic E-state index is -0.0139. The molecule has 4 nitrogen and oxygen atoms in total. The van der Waals surface area contributed by atoms with Gasteiger partial charge in [0.05, 0.1) is 10.2 Å². The van der Waals surface area contributed by atoms with E-state index in [1.165, 1.54) is 6.92 Å². The van der Waals surface area contributed by atoms with Crippen LogP contribution in [0.15, 0.2) is 22.7 Å². The summed E-state index contributed by atoms with van der Waals surface area (Å²) in [7, 11) is 0. The maximum atomic E-state index is 10.7. The van der Waals surface area contributed by atoms with Gasteiger partial charge in [0.15, 0.2) is 5.13 Å². The first-order valence-electron chi connectivity index (χ1n) is 5.19. The number of nitrogens with zero attached hydrogens (tertiary/aromatic N) is 1. The van der Waals surface area contributed by atoms with E-state index in [-0.39, 0.29) is 5.91 Å². The number of benzene rings is 1. The first-order chi connectivity index (χ1) is 8.15. The van der Waals surface area contributed by atoms with Gasteiger partial charge in [-0.3, -0.25) is 4.79 Å². The number of aromatic nitrogens is 1. The molecule has 0 aliphatic heterocycles. The zero-order chi connectivity index (χ0) is 12.3. The van der Waals surface area contributed by atoms with E-state index in [1.54, 1.807) is 11.3 Å². The van der Waals surface area contributed by atoms with Crippen LogP contribution < -0.4 is 10.6 Å². The number of carbonyl (C=O) groups excluding carboxylic acids is 1. The van der Waals surface area contributed by atoms with Gasteiger partial charge in [0.25, 0.3) is 0 Å². The highest BCUT2D eigenvalue weighted by Crippen LogP contribution is 2.27. The number of carbonyl (C=O) groups is 1. The Hall–Kier alpha value is -1.14. The van der Waals surface area contributed by atoms with E-state index < -0.39 is 0 Å². The molecule has 0 aliphatic rings. The number of halogens is 1. The van der Waals surface area contributed by atoms with Crippen molar-refractivity contribution in [3.05, 3.63) is 22.7 Å². The standard InChI is InChI=1S/C11H12BrN3OS/c1-7(16)13-4-5-14-11-15-9-6-8(12)2-3-10(9)17-11/h2-3,6H,4-5H2,1H3,(H,13,16)(H,14,15). The summed E-state index contributed by atoms with van der Waals surface area (Å²) >= 11 is 5.03. The van der Waals surface area contributed by atoms with Crippen LogP contribution >= 0.6 is 27.3 Å². The van der Waals surface area contributed by atoms with Gasteiger partial charge in [-0.2, -0.15) is 0 Å². The monoisotopic (exact) mass is 313 g/mol. The van der Waals surface area contributed by atoms with Crippen LogP contribution in [-0.2, 0) is 4.79 Å². The molecule has 1 aromatic carbocycles. The predicted molar refractivity (Wildman–Crippen MR) is 74.5 cm³/mol. The van der Waals surface area contributed by atoms with Crippen molar-refractivity contribution in [1.29, 1.82) is 0 Å². The van der Waals surface area contributed by atoms with Gasteiger partial charge >= 0.3 is 0 Å². The van der Waals surface area contributed by atoms with Gasteiger partial charge in [0, 0.05) is 24.5 Å². The molecule has 2 N–H and O–H groups in total. The Morgan fingerprint density at radius 2 is 2.29 bits per heavy atom. The molecule has 0 saturated carbocycles. The van der Waals surface area contributed by atoms with E-state index >= 15 is 0 Å². The Balaban J connectivity index is 1.97. The summed E-state index contributed by atoms with van der Waals surface area (Å²) in [4.78, 5) is 15.1. The van der Waals surface area contributed by atoms with Crippen molar-refractivity contribution in [2.45, 2.75) is 6.92 Å². The quantitative estimate of drug-likeness (QED) is 0.853. The zero-order valence-corrected chi connectivity index (χ0v) is 11.7. The molecule has 0 radical (unpaired) electrons. The lowest BCUT2D eigenvalue weighted by atomic mass is 10.3. The molecule has 0 unspecified atom stereocenters. The maximum absolute atomic E-state index is 10.7. The molecule has 0 fully saturated rings. The highest BCUT2D eigenvalue weighted by molar-refractivity contribution is 9.10. The molecule has 1 heterocycles. The smallest absolute Gasteiger partial charge is 0.216 e. The number of amides is 1. The van der Waals surface area contributed by atoms with Crippen molar-refractivity contribution < 1.29 is 4.79 Å². The number of hydrogen-bond donors (Lipinski definition) is 2. The topological polar surface area (TPSA) is 54.0 Å². The largest absolute Gasteiger partial charge is 0.360 e. The predicted octanol–water partition coefficient (Wildman–Crippen LogP) is 2.61. The Bertz CT molecular complexity index is 540. The third-order valence-electron chi connectivity index (χ3n) is 2.12. The van der Waals surface area contributed by atoms with Crippen molar-refractivity contribution in [2.75, 3.05) is 18.4 Å². The molecular weight excluding hydrogens is 302 g/mol. The molecule has 90 valence electrons. The van der Waals surface area contributed by atoms with Crippen molar-refractivity contribution >= 4 is 48.5 Å². The van der Waals surface area contributed by atoms with E-state index in [9.17, 15) is 4.79 Å². The second kappa shape index (κ2) is 5.46. The van der Waals surface area contributed by atoms with Gasteiger partial charge in [-0.25, -0.2) is 4.98 Å². The van der Waals surface area contributed by atoms with Crippen LogP contribution in [0.5, 0.6) is 0 Å². The molecule has 2 aromatic rings.